The van der Waals surface area contributed by atoms with Crippen LogP contribution in [0, 0.1) is 6.92 Å². The summed E-state index contributed by atoms with van der Waals surface area (Å²) in [6.45, 7) is 8.85. The van der Waals surface area contributed by atoms with Crippen molar-refractivity contribution < 1.29 is 14.6 Å². The molecule has 0 fully saturated rings. The molecule has 0 aromatic heterocycles. The van der Waals surface area contributed by atoms with Crippen molar-refractivity contribution in [2.24, 2.45) is 0 Å². The number of hydrogen-bond acceptors (Lipinski definition) is 4. The summed E-state index contributed by atoms with van der Waals surface area (Å²) in [7, 11) is 0. The fourth-order valence-corrected chi connectivity index (χ4v) is 2.74. The largest absolute Gasteiger partial charge is 0.491 e. The number of aliphatic hydroxyl groups excluding tert-OH is 1. The predicted molar refractivity (Wildman–Crippen MR) is 87.7 cm³/mol. The second-order valence-corrected chi connectivity index (χ2v) is 7.11. The quantitative estimate of drug-likeness (QED) is 0.878. The third-order valence-corrected chi connectivity index (χ3v) is 3.89. The standard InChI is InChI=1S/C18H27NO3/c1-12-8-9-16(14-6-5-7-15(21)17(12)14)22-11-13(20)10-19-18(2,3)4/h8-9,13,19-20H,5-7,10-11H2,1-4H3/t13-/m1/s1. The Morgan fingerprint density at radius 1 is 1.32 bits per heavy atom. The highest BCUT2D eigenvalue weighted by Crippen LogP contribution is 2.32. The fourth-order valence-electron chi connectivity index (χ4n) is 2.74. The van der Waals surface area contributed by atoms with Crippen LogP contribution in [0.25, 0.3) is 0 Å². The van der Waals surface area contributed by atoms with Crippen molar-refractivity contribution in [2.45, 2.75) is 58.6 Å². The number of Topliss-reactive ketones (excluding diaryl/α,β-unsaturated/α-hetero) is 1. The Kier molecular flexibility index (Phi) is 5.24. The molecule has 2 N–H and O–H groups in total. The molecule has 0 saturated carbocycles. The van der Waals surface area contributed by atoms with E-state index in [1.54, 1.807) is 0 Å². The second-order valence-electron chi connectivity index (χ2n) is 7.11. The normalized spacial score (nSPS) is 16.3. The van der Waals surface area contributed by atoms with Gasteiger partial charge < -0.3 is 15.2 Å². The van der Waals surface area contributed by atoms with E-state index >= 15 is 0 Å². The minimum absolute atomic E-state index is 0.0313. The zero-order chi connectivity index (χ0) is 16.3. The number of nitrogens with one attached hydrogen (secondary N) is 1. The van der Waals surface area contributed by atoms with Crippen molar-refractivity contribution in [1.29, 1.82) is 0 Å². The molecule has 0 amide bonds. The summed E-state index contributed by atoms with van der Waals surface area (Å²) >= 11 is 0. The molecule has 0 saturated heterocycles. The Morgan fingerprint density at radius 2 is 2.05 bits per heavy atom. The van der Waals surface area contributed by atoms with Crippen molar-refractivity contribution in [3.63, 3.8) is 0 Å². The molecule has 0 bridgehead atoms. The van der Waals surface area contributed by atoms with Gasteiger partial charge in [-0.05, 0) is 52.2 Å². The van der Waals surface area contributed by atoms with Gasteiger partial charge in [-0.3, -0.25) is 4.79 Å². The molecule has 4 nitrogen and oxygen atoms in total. The number of β-amino-alcohol motifs (C(OH)–C–C–N with tert-alkyl or cyclic N) is 1. The van der Waals surface area contributed by atoms with Gasteiger partial charge in [-0.25, -0.2) is 0 Å². The van der Waals surface area contributed by atoms with Crippen LogP contribution in [-0.2, 0) is 6.42 Å². The second kappa shape index (κ2) is 6.80. The number of rotatable bonds is 5. The molecule has 0 heterocycles. The highest BCUT2D eigenvalue weighted by Gasteiger charge is 2.23. The van der Waals surface area contributed by atoms with Crippen LogP contribution < -0.4 is 10.1 Å². The summed E-state index contributed by atoms with van der Waals surface area (Å²) in [5, 5.41) is 13.3. The lowest BCUT2D eigenvalue weighted by Gasteiger charge is -2.24. The highest BCUT2D eigenvalue weighted by atomic mass is 16.5. The van der Waals surface area contributed by atoms with Gasteiger partial charge in [-0.1, -0.05) is 6.07 Å². The smallest absolute Gasteiger partial charge is 0.163 e. The predicted octanol–water partition coefficient (Wildman–Crippen LogP) is 2.64. The van der Waals surface area contributed by atoms with Gasteiger partial charge >= 0.3 is 0 Å². The number of aliphatic hydroxyl groups is 1. The van der Waals surface area contributed by atoms with Crippen LogP contribution in [0.3, 0.4) is 0 Å². The molecular weight excluding hydrogens is 278 g/mol. The SMILES string of the molecule is Cc1ccc(OC[C@H](O)CNC(C)(C)C)c2c1C(=O)CCC2. The number of carbonyl (C=O) groups is 1. The summed E-state index contributed by atoms with van der Waals surface area (Å²) < 4.78 is 5.79. The maximum absolute atomic E-state index is 12.1. The van der Waals surface area contributed by atoms with E-state index < -0.39 is 6.10 Å². The maximum atomic E-state index is 12.1. The molecule has 4 heteroatoms. The van der Waals surface area contributed by atoms with Crippen molar-refractivity contribution >= 4 is 5.78 Å². The lowest BCUT2D eigenvalue weighted by molar-refractivity contribution is 0.0956. The average molecular weight is 305 g/mol. The number of ketones is 1. The van der Waals surface area contributed by atoms with Crippen LogP contribution in [0.4, 0.5) is 0 Å². The van der Waals surface area contributed by atoms with Crippen LogP contribution in [0.5, 0.6) is 5.75 Å². The number of fused-ring (bicyclic) bond motifs is 1. The van der Waals surface area contributed by atoms with Gasteiger partial charge in [-0.15, -0.1) is 0 Å². The van der Waals surface area contributed by atoms with Gasteiger partial charge in [0, 0.05) is 29.6 Å². The first kappa shape index (κ1) is 17.0. The van der Waals surface area contributed by atoms with Crippen molar-refractivity contribution in [3.05, 3.63) is 28.8 Å². The summed E-state index contributed by atoms with van der Waals surface area (Å²) in [6, 6.07) is 3.84. The molecule has 0 unspecified atom stereocenters. The Morgan fingerprint density at radius 3 is 2.73 bits per heavy atom. The van der Waals surface area contributed by atoms with E-state index in [2.05, 4.69) is 26.1 Å². The van der Waals surface area contributed by atoms with E-state index in [1.807, 2.05) is 19.1 Å². The lowest BCUT2D eigenvalue weighted by atomic mass is 9.87. The van der Waals surface area contributed by atoms with E-state index in [0.717, 1.165) is 35.3 Å². The maximum Gasteiger partial charge on any atom is 0.163 e. The molecule has 1 aliphatic rings. The molecule has 0 spiro atoms. The summed E-state index contributed by atoms with van der Waals surface area (Å²) in [5.74, 6) is 0.947. The van der Waals surface area contributed by atoms with Crippen LogP contribution >= 0.6 is 0 Å². The average Bonchev–Trinajstić information content (AvgIpc) is 2.44. The van der Waals surface area contributed by atoms with E-state index in [4.69, 9.17) is 4.74 Å². The first-order chi connectivity index (χ1) is 10.3. The van der Waals surface area contributed by atoms with E-state index in [-0.39, 0.29) is 17.9 Å². The first-order valence-corrected chi connectivity index (χ1v) is 7.99. The lowest BCUT2D eigenvalue weighted by Crippen LogP contribution is -2.42. The zero-order valence-electron chi connectivity index (χ0n) is 14.0. The van der Waals surface area contributed by atoms with E-state index in [9.17, 15) is 9.90 Å². The number of aryl methyl sites for hydroxylation is 1. The third kappa shape index (κ3) is 4.31. The number of hydrogen-bond donors (Lipinski definition) is 2. The summed E-state index contributed by atoms with van der Waals surface area (Å²) in [4.78, 5) is 12.1. The van der Waals surface area contributed by atoms with E-state index in [0.29, 0.717) is 13.0 Å². The molecule has 1 aromatic carbocycles. The van der Waals surface area contributed by atoms with Crippen LogP contribution in [0.2, 0.25) is 0 Å². The minimum Gasteiger partial charge on any atom is -0.491 e. The van der Waals surface area contributed by atoms with Gasteiger partial charge in [0.25, 0.3) is 0 Å². The van der Waals surface area contributed by atoms with Crippen LogP contribution in [0.15, 0.2) is 12.1 Å². The minimum atomic E-state index is -0.574. The molecule has 0 radical (unpaired) electrons. The topological polar surface area (TPSA) is 58.6 Å². The fraction of sp³-hybridized carbons (Fsp3) is 0.611. The highest BCUT2D eigenvalue weighted by molar-refractivity contribution is 6.00. The van der Waals surface area contributed by atoms with Gasteiger partial charge in [0.15, 0.2) is 5.78 Å². The molecule has 1 aliphatic carbocycles. The number of ether oxygens (including phenoxy) is 1. The molecule has 1 aromatic rings. The van der Waals surface area contributed by atoms with Crippen LogP contribution in [-0.4, -0.2) is 35.7 Å². The van der Waals surface area contributed by atoms with Gasteiger partial charge in [0.1, 0.15) is 18.5 Å². The van der Waals surface area contributed by atoms with Crippen LogP contribution in [0.1, 0.15) is 55.1 Å². The first-order valence-electron chi connectivity index (χ1n) is 7.99. The van der Waals surface area contributed by atoms with Crippen molar-refractivity contribution in [2.75, 3.05) is 13.2 Å². The number of benzene rings is 1. The molecule has 1 atom stereocenters. The summed E-state index contributed by atoms with van der Waals surface area (Å²) in [5.41, 5.74) is 2.82. The van der Waals surface area contributed by atoms with Gasteiger partial charge in [0.2, 0.25) is 0 Å². The Bertz CT molecular complexity index is 546. The molecule has 122 valence electrons. The zero-order valence-corrected chi connectivity index (χ0v) is 14.0. The summed E-state index contributed by atoms with van der Waals surface area (Å²) in [6.07, 6.45) is 1.79. The number of carbonyl (C=O) groups excluding carboxylic acids is 1. The molecule has 0 aliphatic heterocycles. The van der Waals surface area contributed by atoms with Gasteiger partial charge in [0.05, 0.1) is 0 Å². The monoisotopic (exact) mass is 305 g/mol. The third-order valence-electron chi connectivity index (χ3n) is 3.89. The molecule has 2 rings (SSSR count). The van der Waals surface area contributed by atoms with Crippen molar-refractivity contribution in [3.8, 4) is 5.75 Å². The molecule has 22 heavy (non-hydrogen) atoms. The Hall–Kier alpha value is -1.39. The van der Waals surface area contributed by atoms with E-state index in [1.165, 1.54) is 0 Å². The van der Waals surface area contributed by atoms with Crippen molar-refractivity contribution in [1.82, 2.24) is 5.32 Å². The van der Waals surface area contributed by atoms with Gasteiger partial charge in [-0.2, -0.15) is 0 Å². The Labute approximate surface area is 132 Å². The Balaban J connectivity index is 2.02. The molecular formula is C18H27NO3.